The third-order valence-electron chi connectivity index (χ3n) is 4.07. The molecule has 2 amide bonds. The molecule has 0 fully saturated rings. The minimum absolute atomic E-state index is 0.0165. The molecule has 0 aliphatic rings. The Morgan fingerprint density at radius 1 is 1.14 bits per heavy atom. The van der Waals surface area contributed by atoms with Crippen LogP contribution in [0, 0.1) is 0 Å². The number of rotatable bonds is 8. The second-order valence-corrected chi connectivity index (χ2v) is 6.32. The number of hydrogen-bond acceptors (Lipinski definition) is 4. The lowest BCUT2D eigenvalue weighted by Crippen LogP contribution is -2.23. The number of allylic oxidation sites excluding steroid dienone is 1. The van der Waals surface area contributed by atoms with Crippen molar-refractivity contribution in [2.24, 2.45) is 0 Å². The van der Waals surface area contributed by atoms with Gasteiger partial charge in [-0.15, -0.1) is 0 Å². The maximum atomic E-state index is 12.2. The summed E-state index contributed by atoms with van der Waals surface area (Å²) in [4.78, 5) is 25.2. The largest absolute Gasteiger partial charge is 0.493 e. The summed E-state index contributed by atoms with van der Waals surface area (Å²) in [6, 6.07) is 12.9. The van der Waals surface area contributed by atoms with Gasteiger partial charge in [0.1, 0.15) is 0 Å². The molecule has 28 heavy (non-hydrogen) atoms. The van der Waals surface area contributed by atoms with Crippen LogP contribution < -0.4 is 14.8 Å². The second kappa shape index (κ2) is 10.2. The van der Waals surface area contributed by atoms with Gasteiger partial charge in [-0.3, -0.25) is 9.59 Å². The fourth-order valence-corrected chi connectivity index (χ4v) is 2.57. The fraction of sp³-hybridized carbons (Fsp3) is 0.273. The normalized spacial score (nSPS) is 10.6. The van der Waals surface area contributed by atoms with Gasteiger partial charge in [-0.05, 0) is 42.3 Å². The molecule has 0 aliphatic heterocycles. The van der Waals surface area contributed by atoms with E-state index in [4.69, 9.17) is 9.47 Å². The van der Waals surface area contributed by atoms with Crippen LogP contribution in [0.1, 0.15) is 25.0 Å². The number of ether oxygens (including phenoxy) is 2. The van der Waals surface area contributed by atoms with Crippen molar-refractivity contribution in [3.8, 4) is 11.5 Å². The topological polar surface area (TPSA) is 67.9 Å². The molecule has 2 aromatic carbocycles. The van der Waals surface area contributed by atoms with Crippen LogP contribution >= 0.6 is 0 Å². The first kappa shape index (κ1) is 21.0. The summed E-state index contributed by atoms with van der Waals surface area (Å²) in [6.07, 6.45) is 3.89. The Kier molecular flexibility index (Phi) is 7.63. The van der Waals surface area contributed by atoms with Gasteiger partial charge in [-0.1, -0.05) is 30.4 Å². The molecular formula is C22H26N2O4. The smallest absolute Gasteiger partial charge is 0.262 e. The minimum Gasteiger partial charge on any atom is -0.493 e. The second-order valence-electron chi connectivity index (χ2n) is 6.32. The summed E-state index contributed by atoms with van der Waals surface area (Å²) in [5.41, 5.74) is 2.57. The predicted octanol–water partition coefficient (Wildman–Crippen LogP) is 3.72. The van der Waals surface area contributed by atoms with Crippen LogP contribution in [0.25, 0.3) is 6.08 Å². The Balaban J connectivity index is 1.97. The zero-order valence-electron chi connectivity index (χ0n) is 16.7. The Hall–Kier alpha value is -3.28. The molecule has 6 heteroatoms. The van der Waals surface area contributed by atoms with Crippen molar-refractivity contribution in [2.45, 2.75) is 20.4 Å². The zero-order chi connectivity index (χ0) is 20.5. The van der Waals surface area contributed by atoms with E-state index in [1.54, 1.807) is 31.2 Å². The summed E-state index contributed by atoms with van der Waals surface area (Å²) < 4.78 is 10.9. The molecule has 0 atom stereocenters. The number of methoxy groups -OCH3 is 1. The Labute approximate surface area is 165 Å². The first-order valence-corrected chi connectivity index (χ1v) is 8.97. The van der Waals surface area contributed by atoms with Crippen molar-refractivity contribution in [3.05, 3.63) is 59.7 Å². The van der Waals surface area contributed by atoms with Crippen LogP contribution in [0.15, 0.2) is 48.5 Å². The lowest BCUT2D eigenvalue weighted by atomic mass is 10.2. The van der Waals surface area contributed by atoms with E-state index in [9.17, 15) is 9.59 Å². The molecule has 0 bridgehead atoms. The molecule has 0 saturated heterocycles. The quantitative estimate of drug-likeness (QED) is 0.755. The molecule has 0 aliphatic carbocycles. The molecule has 0 radical (unpaired) electrons. The van der Waals surface area contributed by atoms with Gasteiger partial charge in [0.05, 0.1) is 7.11 Å². The summed E-state index contributed by atoms with van der Waals surface area (Å²) in [5, 5.41) is 2.80. The first-order valence-electron chi connectivity index (χ1n) is 8.97. The minimum atomic E-state index is -0.281. The number of anilines is 1. The average Bonchev–Trinajstić information content (AvgIpc) is 2.67. The molecule has 0 saturated carbocycles. The predicted molar refractivity (Wildman–Crippen MR) is 110 cm³/mol. The molecule has 148 valence electrons. The van der Waals surface area contributed by atoms with Crippen molar-refractivity contribution >= 4 is 23.6 Å². The summed E-state index contributed by atoms with van der Waals surface area (Å²) in [6.45, 7) is 3.79. The van der Waals surface area contributed by atoms with Gasteiger partial charge in [-0.25, -0.2) is 0 Å². The standard InChI is InChI=1S/C22H26N2O4/c1-5-7-17-10-11-20(21(13-17)27-4)28-15-22(26)23-19-9-6-8-18(12-19)14-24(3)16(2)25/h5-13H,14-15H2,1-4H3,(H,23,26)/b7-5+. The van der Waals surface area contributed by atoms with Gasteiger partial charge < -0.3 is 19.7 Å². The number of nitrogens with zero attached hydrogens (tertiary/aromatic N) is 1. The van der Waals surface area contributed by atoms with Gasteiger partial charge in [0.2, 0.25) is 5.91 Å². The van der Waals surface area contributed by atoms with Crippen molar-refractivity contribution in [1.82, 2.24) is 4.90 Å². The number of carbonyl (C=O) groups is 2. The number of hydrogen-bond donors (Lipinski definition) is 1. The van der Waals surface area contributed by atoms with Crippen LogP contribution in [-0.4, -0.2) is 37.5 Å². The fourth-order valence-electron chi connectivity index (χ4n) is 2.57. The van der Waals surface area contributed by atoms with Crippen LogP contribution in [-0.2, 0) is 16.1 Å². The SMILES string of the molecule is C/C=C/c1ccc(OCC(=O)Nc2cccc(CN(C)C(C)=O)c2)c(OC)c1. The van der Waals surface area contributed by atoms with Crippen LogP contribution in [0.5, 0.6) is 11.5 Å². The summed E-state index contributed by atoms with van der Waals surface area (Å²) in [7, 11) is 3.29. The van der Waals surface area contributed by atoms with Crippen molar-refractivity contribution in [2.75, 3.05) is 26.1 Å². The first-order chi connectivity index (χ1) is 13.4. The molecule has 0 unspecified atom stereocenters. The van der Waals surface area contributed by atoms with E-state index < -0.39 is 0 Å². The Bertz CT molecular complexity index is 861. The Morgan fingerprint density at radius 3 is 2.61 bits per heavy atom. The maximum Gasteiger partial charge on any atom is 0.262 e. The molecule has 0 aromatic heterocycles. The van der Waals surface area contributed by atoms with Crippen LogP contribution in [0.4, 0.5) is 5.69 Å². The Morgan fingerprint density at radius 2 is 1.93 bits per heavy atom. The molecule has 0 spiro atoms. The zero-order valence-corrected chi connectivity index (χ0v) is 16.7. The number of nitrogens with one attached hydrogen (secondary N) is 1. The van der Waals surface area contributed by atoms with Crippen molar-refractivity contribution in [1.29, 1.82) is 0 Å². The molecule has 2 rings (SSSR count). The average molecular weight is 382 g/mol. The van der Waals surface area contributed by atoms with Gasteiger partial charge >= 0.3 is 0 Å². The lowest BCUT2D eigenvalue weighted by Gasteiger charge is -2.15. The third-order valence-corrected chi connectivity index (χ3v) is 4.07. The van der Waals surface area contributed by atoms with E-state index in [0.29, 0.717) is 23.7 Å². The summed E-state index contributed by atoms with van der Waals surface area (Å²) in [5.74, 6) is 0.772. The maximum absolute atomic E-state index is 12.2. The number of benzene rings is 2. The van der Waals surface area contributed by atoms with Gasteiger partial charge in [0.25, 0.3) is 5.91 Å². The number of amides is 2. The van der Waals surface area contributed by atoms with Gasteiger partial charge in [0, 0.05) is 26.2 Å². The van der Waals surface area contributed by atoms with Gasteiger partial charge in [-0.2, -0.15) is 0 Å². The van der Waals surface area contributed by atoms with E-state index in [2.05, 4.69) is 5.32 Å². The molecule has 0 heterocycles. The highest BCUT2D eigenvalue weighted by Crippen LogP contribution is 2.28. The third kappa shape index (κ3) is 6.16. The highest BCUT2D eigenvalue weighted by Gasteiger charge is 2.09. The molecular weight excluding hydrogens is 356 g/mol. The molecule has 2 aromatic rings. The summed E-state index contributed by atoms with van der Waals surface area (Å²) >= 11 is 0. The van der Waals surface area contributed by atoms with E-state index >= 15 is 0 Å². The van der Waals surface area contributed by atoms with Crippen LogP contribution in [0.2, 0.25) is 0 Å². The highest BCUT2D eigenvalue weighted by molar-refractivity contribution is 5.92. The monoisotopic (exact) mass is 382 g/mol. The molecule has 6 nitrogen and oxygen atoms in total. The van der Waals surface area contributed by atoms with Crippen molar-refractivity contribution in [3.63, 3.8) is 0 Å². The van der Waals surface area contributed by atoms with E-state index in [0.717, 1.165) is 11.1 Å². The van der Waals surface area contributed by atoms with Crippen LogP contribution in [0.3, 0.4) is 0 Å². The lowest BCUT2D eigenvalue weighted by molar-refractivity contribution is -0.128. The number of carbonyl (C=O) groups excluding carboxylic acids is 2. The van der Waals surface area contributed by atoms with E-state index in [1.165, 1.54) is 6.92 Å². The van der Waals surface area contributed by atoms with Gasteiger partial charge in [0.15, 0.2) is 18.1 Å². The van der Waals surface area contributed by atoms with Crippen molar-refractivity contribution < 1.29 is 19.1 Å². The highest BCUT2D eigenvalue weighted by atomic mass is 16.5. The van der Waals surface area contributed by atoms with E-state index in [1.807, 2.05) is 49.4 Å². The van der Waals surface area contributed by atoms with E-state index in [-0.39, 0.29) is 18.4 Å². The molecule has 1 N–H and O–H groups in total.